The zero-order valence-corrected chi connectivity index (χ0v) is 17.9. The van der Waals surface area contributed by atoms with Crippen LogP contribution in [0.25, 0.3) is 0 Å². The number of fused-ring (bicyclic) bond motifs is 1. The van der Waals surface area contributed by atoms with Gasteiger partial charge in [0, 0.05) is 37.6 Å². The molecule has 0 aliphatic carbocycles. The summed E-state index contributed by atoms with van der Waals surface area (Å²) in [6.45, 7) is 5.99. The van der Waals surface area contributed by atoms with Gasteiger partial charge in [-0.25, -0.2) is 9.97 Å². The largest absolute Gasteiger partial charge is 0.485 e. The molecule has 0 N–H and O–H groups in total. The van der Waals surface area contributed by atoms with Crippen LogP contribution in [0.15, 0.2) is 35.5 Å². The first-order valence-corrected chi connectivity index (χ1v) is 10.9. The second-order valence-corrected chi connectivity index (χ2v) is 8.23. The molecule has 1 saturated heterocycles. The van der Waals surface area contributed by atoms with E-state index in [1.165, 1.54) is 11.8 Å². The van der Waals surface area contributed by atoms with Gasteiger partial charge in [0.2, 0.25) is 12.0 Å². The number of rotatable bonds is 4. The maximum absolute atomic E-state index is 12.8. The van der Waals surface area contributed by atoms with Crippen LogP contribution < -0.4 is 9.47 Å². The Morgan fingerprint density at radius 1 is 1.03 bits per heavy atom. The number of aromatic nitrogens is 2. The smallest absolute Gasteiger partial charge is 0.267 e. The minimum Gasteiger partial charge on any atom is -0.485 e. The quantitative estimate of drug-likeness (QED) is 0.541. The normalized spacial score (nSPS) is 18.3. The topological polar surface area (TPSA) is 84.9 Å². The van der Waals surface area contributed by atoms with Crippen molar-refractivity contribution in [1.82, 2.24) is 19.8 Å². The molecule has 3 heterocycles. The maximum Gasteiger partial charge on any atom is 0.267 e. The summed E-state index contributed by atoms with van der Waals surface area (Å²) in [6.07, 6.45) is -0.653. The number of piperazine rings is 1. The molecule has 1 unspecified atom stereocenters. The molecule has 9 heteroatoms. The fraction of sp³-hybridized carbons (Fsp3) is 0.429. The molecule has 0 spiro atoms. The number of benzene rings is 1. The Labute approximate surface area is 179 Å². The van der Waals surface area contributed by atoms with Gasteiger partial charge < -0.3 is 19.3 Å². The number of nitrogens with zero attached hydrogens (tertiary/aromatic N) is 4. The highest BCUT2D eigenvalue weighted by atomic mass is 32.2. The van der Waals surface area contributed by atoms with E-state index in [-0.39, 0.29) is 24.2 Å². The van der Waals surface area contributed by atoms with Crippen molar-refractivity contribution in [2.24, 2.45) is 0 Å². The lowest BCUT2D eigenvalue weighted by Crippen LogP contribution is -2.55. The van der Waals surface area contributed by atoms with E-state index in [9.17, 15) is 9.59 Å². The molecule has 0 bridgehead atoms. The summed E-state index contributed by atoms with van der Waals surface area (Å²) in [6, 6.07) is 9.23. The van der Waals surface area contributed by atoms with Crippen molar-refractivity contribution in [2.45, 2.75) is 25.1 Å². The number of aryl methyl sites for hydroxylation is 2. The third-order valence-corrected chi connectivity index (χ3v) is 5.85. The monoisotopic (exact) mass is 428 g/mol. The molecule has 1 fully saturated rings. The van der Waals surface area contributed by atoms with Gasteiger partial charge in [0.25, 0.3) is 5.91 Å². The van der Waals surface area contributed by atoms with Crippen molar-refractivity contribution in [3.8, 4) is 11.5 Å². The molecule has 0 saturated carbocycles. The third-order valence-electron chi connectivity index (χ3n) is 5.01. The van der Waals surface area contributed by atoms with Crippen LogP contribution >= 0.6 is 11.8 Å². The molecule has 30 heavy (non-hydrogen) atoms. The number of amides is 2. The van der Waals surface area contributed by atoms with Crippen molar-refractivity contribution >= 4 is 23.6 Å². The molecular weight excluding hydrogens is 404 g/mol. The third kappa shape index (κ3) is 4.67. The van der Waals surface area contributed by atoms with E-state index < -0.39 is 6.10 Å². The zero-order chi connectivity index (χ0) is 21.1. The van der Waals surface area contributed by atoms with Crippen LogP contribution in [0.1, 0.15) is 11.4 Å². The summed E-state index contributed by atoms with van der Waals surface area (Å²) >= 11 is 1.34. The molecule has 2 aliphatic heterocycles. The van der Waals surface area contributed by atoms with Gasteiger partial charge in [-0.15, -0.1) is 0 Å². The van der Waals surface area contributed by atoms with Gasteiger partial charge in [-0.05, 0) is 32.0 Å². The Balaban J connectivity index is 1.26. The van der Waals surface area contributed by atoms with E-state index in [0.29, 0.717) is 42.8 Å². The van der Waals surface area contributed by atoms with E-state index in [2.05, 4.69) is 9.97 Å². The minimum atomic E-state index is -0.653. The van der Waals surface area contributed by atoms with Crippen LogP contribution in [0.4, 0.5) is 0 Å². The number of carbonyl (C=O) groups is 2. The molecular formula is C21H24N4O4S. The highest BCUT2D eigenvalue weighted by Crippen LogP contribution is 2.31. The standard InChI is InChI=1S/C21H24N4O4S/c1-14-11-15(2)23-21(22-14)30-13-19(26)24-7-9-25(10-8-24)20(27)18-12-28-16-5-3-4-6-17(16)29-18/h3-6,11,18H,7-10,12-13H2,1-2H3. The molecule has 0 radical (unpaired) electrons. The molecule has 1 atom stereocenters. The lowest BCUT2D eigenvalue weighted by Gasteiger charge is -2.37. The second kappa shape index (κ2) is 8.91. The molecule has 2 aliphatic rings. The van der Waals surface area contributed by atoms with Gasteiger partial charge in [0.15, 0.2) is 16.7 Å². The zero-order valence-electron chi connectivity index (χ0n) is 17.0. The average Bonchev–Trinajstić information content (AvgIpc) is 2.76. The van der Waals surface area contributed by atoms with Crippen LogP contribution in [-0.2, 0) is 9.59 Å². The van der Waals surface area contributed by atoms with Crippen molar-refractivity contribution in [1.29, 1.82) is 0 Å². The van der Waals surface area contributed by atoms with Gasteiger partial charge in [-0.1, -0.05) is 23.9 Å². The summed E-state index contributed by atoms with van der Waals surface area (Å²) < 4.78 is 11.5. The fourth-order valence-corrected chi connectivity index (χ4v) is 4.35. The van der Waals surface area contributed by atoms with Crippen molar-refractivity contribution in [2.75, 3.05) is 38.5 Å². The summed E-state index contributed by atoms with van der Waals surface area (Å²) in [5.41, 5.74) is 1.78. The number of ether oxygens (including phenoxy) is 2. The Hall–Kier alpha value is -2.81. The number of thioether (sulfide) groups is 1. The molecule has 2 amide bonds. The second-order valence-electron chi connectivity index (χ2n) is 7.29. The van der Waals surface area contributed by atoms with Crippen molar-refractivity contribution in [3.05, 3.63) is 41.7 Å². The average molecular weight is 429 g/mol. The van der Waals surface area contributed by atoms with E-state index >= 15 is 0 Å². The highest BCUT2D eigenvalue weighted by Gasteiger charge is 2.33. The van der Waals surface area contributed by atoms with E-state index in [1.807, 2.05) is 38.1 Å². The van der Waals surface area contributed by atoms with Crippen LogP contribution in [0.5, 0.6) is 11.5 Å². The van der Waals surface area contributed by atoms with Crippen molar-refractivity contribution in [3.63, 3.8) is 0 Å². The van der Waals surface area contributed by atoms with E-state index in [4.69, 9.17) is 9.47 Å². The molecule has 1 aromatic heterocycles. The summed E-state index contributed by atoms with van der Waals surface area (Å²) in [7, 11) is 0. The predicted molar refractivity (Wildman–Crippen MR) is 112 cm³/mol. The number of para-hydroxylation sites is 2. The first-order valence-electron chi connectivity index (χ1n) is 9.90. The van der Waals surface area contributed by atoms with Gasteiger partial charge in [-0.3, -0.25) is 9.59 Å². The van der Waals surface area contributed by atoms with Crippen LogP contribution in [0.3, 0.4) is 0 Å². The molecule has 1 aromatic carbocycles. The van der Waals surface area contributed by atoms with Gasteiger partial charge in [-0.2, -0.15) is 0 Å². The first-order chi connectivity index (χ1) is 14.5. The summed E-state index contributed by atoms with van der Waals surface area (Å²) in [4.78, 5) is 37.6. The number of carbonyl (C=O) groups excluding carboxylic acids is 2. The molecule has 4 rings (SSSR count). The van der Waals surface area contributed by atoms with Crippen LogP contribution in [0.2, 0.25) is 0 Å². The number of hydrogen-bond acceptors (Lipinski definition) is 7. The SMILES string of the molecule is Cc1cc(C)nc(SCC(=O)N2CCN(C(=O)C3COc4ccccc4O3)CC2)n1. The summed E-state index contributed by atoms with van der Waals surface area (Å²) in [5, 5.41) is 0.615. The van der Waals surface area contributed by atoms with Gasteiger partial charge in [0.1, 0.15) is 6.61 Å². The molecule has 158 valence electrons. The lowest BCUT2D eigenvalue weighted by molar-refractivity contribution is -0.145. The maximum atomic E-state index is 12.8. The Bertz CT molecular complexity index is 926. The molecule has 2 aromatic rings. The summed E-state index contributed by atoms with van der Waals surface area (Å²) in [5.74, 6) is 1.45. The predicted octanol–water partition coefficient (Wildman–Crippen LogP) is 1.70. The minimum absolute atomic E-state index is 0.0287. The van der Waals surface area contributed by atoms with Crippen LogP contribution in [-0.4, -0.2) is 76.2 Å². The Morgan fingerprint density at radius 3 is 2.37 bits per heavy atom. The van der Waals surface area contributed by atoms with Crippen molar-refractivity contribution < 1.29 is 19.1 Å². The Morgan fingerprint density at radius 2 is 1.67 bits per heavy atom. The first kappa shape index (κ1) is 20.5. The van der Waals surface area contributed by atoms with Crippen LogP contribution in [0, 0.1) is 13.8 Å². The van der Waals surface area contributed by atoms with Gasteiger partial charge >= 0.3 is 0 Å². The highest BCUT2D eigenvalue weighted by molar-refractivity contribution is 7.99. The molecule has 8 nitrogen and oxygen atoms in total. The number of hydrogen-bond donors (Lipinski definition) is 0. The fourth-order valence-electron chi connectivity index (χ4n) is 3.50. The van der Waals surface area contributed by atoms with Gasteiger partial charge in [0.05, 0.1) is 5.75 Å². The van der Waals surface area contributed by atoms with E-state index in [0.717, 1.165) is 11.4 Å². The van der Waals surface area contributed by atoms with E-state index in [1.54, 1.807) is 15.9 Å². The lowest BCUT2D eigenvalue weighted by atomic mass is 10.2. The Kier molecular flexibility index (Phi) is 6.08.